The van der Waals surface area contributed by atoms with Crippen molar-refractivity contribution in [3.63, 3.8) is 0 Å². The number of hydrogen-bond acceptors (Lipinski definition) is 2. The number of ether oxygens (including phenoxy) is 1. The van der Waals surface area contributed by atoms with Crippen molar-refractivity contribution in [1.82, 2.24) is 0 Å². The first-order valence-electron chi connectivity index (χ1n) is 3.03. The number of epoxide rings is 1. The summed E-state index contributed by atoms with van der Waals surface area (Å²) >= 11 is 1.79. The molecular weight excluding hydrogens is 132 g/mol. The lowest BCUT2D eigenvalue weighted by Crippen LogP contribution is -1.69. The van der Waals surface area contributed by atoms with Crippen LogP contribution in [0.2, 0.25) is 0 Å². The number of aryl methyl sites for hydroxylation is 1. The van der Waals surface area contributed by atoms with E-state index in [1.807, 2.05) is 0 Å². The largest absolute Gasteiger partial charge is 0.368 e. The molecule has 1 aromatic rings. The average molecular weight is 140 g/mol. The van der Waals surface area contributed by atoms with E-state index in [9.17, 15) is 0 Å². The topological polar surface area (TPSA) is 12.5 Å². The Hall–Kier alpha value is -0.340. The third-order valence-electron chi connectivity index (χ3n) is 1.46. The van der Waals surface area contributed by atoms with E-state index in [0.29, 0.717) is 6.10 Å². The van der Waals surface area contributed by atoms with E-state index in [1.54, 1.807) is 11.3 Å². The van der Waals surface area contributed by atoms with Crippen LogP contribution in [0.25, 0.3) is 0 Å². The van der Waals surface area contributed by atoms with Gasteiger partial charge in [-0.1, -0.05) is 0 Å². The fourth-order valence-electron chi connectivity index (χ4n) is 0.873. The standard InChI is InChI=1S/C7H8OS/c1-5-2-6(4-9-5)7-3-8-7/h2,4,7H,3H2,1H3. The molecule has 1 saturated heterocycles. The summed E-state index contributed by atoms with van der Waals surface area (Å²) in [6.45, 7) is 3.05. The van der Waals surface area contributed by atoms with Gasteiger partial charge in [0.2, 0.25) is 0 Å². The summed E-state index contributed by atoms with van der Waals surface area (Å²) in [6.07, 6.45) is 0.440. The minimum Gasteiger partial charge on any atom is -0.368 e. The van der Waals surface area contributed by atoms with Crippen LogP contribution in [0.5, 0.6) is 0 Å². The monoisotopic (exact) mass is 140 g/mol. The number of rotatable bonds is 1. The Morgan fingerprint density at radius 2 is 2.56 bits per heavy atom. The molecule has 2 rings (SSSR count). The van der Waals surface area contributed by atoms with E-state index in [0.717, 1.165) is 6.61 Å². The third-order valence-corrected chi connectivity index (χ3v) is 2.34. The molecule has 0 saturated carbocycles. The van der Waals surface area contributed by atoms with Gasteiger partial charge in [0.1, 0.15) is 6.10 Å². The van der Waals surface area contributed by atoms with Crippen LogP contribution in [-0.4, -0.2) is 6.61 Å². The van der Waals surface area contributed by atoms with Crippen LogP contribution in [0, 0.1) is 6.92 Å². The van der Waals surface area contributed by atoms with Crippen molar-refractivity contribution in [3.8, 4) is 0 Å². The van der Waals surface area contributed by atoms with Crippen LogP contribution in [-0.2, 0) is 4.74 Å². The molecule has 0 N–H and O–H groups in total. The Labute approximate surface area is 58.3 Å². The van der Waals surface area contributed by atoms with Crippen molar-refractivity contribution in [1.29, 1.82) is 0 Å². The van der Waals surface area contributed by atoms with Gasteiger partial charge < -0.3 is 4.74 Å². The average Bonchev–Trinajstić information content (AvgIpc) is 2.58. The molecule has 0 amide bonds. The fraction of sp³-hybridized carbons (Fsp3) is 0.429. The summed E-state index contributed by atoms with van der Waals surface area (Å²) in [5.41, 5.74) is 1.36. The van der Waals surface area contributed by atoms with Crippen molar-refractivity contribution in [2.45, 2.75) is 13.0 Å². The highest BCUT2D eigenvalue weighted by Crippen LogP contribution is 2.32. The SMILES string of the molecule is Cc1cc(C2CO2)cs1. The predicted octanol–water partition coefficient (Wildman–Crippen LogP) is 2.13. The maximum Gasteiger partial charge on any atom is 0.107 e. The molecule has 1 nitrogen and oxygen atoms in total. The number of hydrogen-bond donors (Lipinski definition) is 0. The highest BCUT2D eigenvalue weighted by molar-refractivity contribution is 7.10. The van der Waals surface area contributed by atoms with E-state index in [-0.39, 0.29) is 0 Å². The van der Waals surface area contributed by atoms with Gasteiger partial charge in [0.25, 0.3) is 0 Å². The van der Waals surface area contributed by atoms with Crippen molar-refractivity contribution in [2.75, 3.05) is 6.61 Å². The fourth-order valence-corrected chi connectivity index (χ4v) is 1.62. The van der Waals surface area contributed by atoms with Crippen LogP contribution in [0.1, 0.15) is 16.5 Å². The molecule has 2 heteroatoms. The summed E-state index contributed by atoms with van der Waals surface area (Å²) < 4.78 is 5.11. The highest BCUT2D eigenvalue weighted by Gasteiger charge is 2.24. The first-order valence-corrected chi connectivity index (χ1v) is 3.91. The second-order valence-electron chi connectivity index (χ2n) is 2.31. The van der Waals surface area contributed by atoms with Crippen LogP contribution >= 0.6 is 11.3 Å². The second kappa shape index (κ2) is 1.82. The molecule has 1 fully saturated rings. The van der Waals surface area contributed by atoms with Crippen molar-refractivity contribution >= 4 is 11.3 Å². The first kappa shape index (κ1) is 5.45. The highest BCUT2D eigenvalue weighted by atomic mass is 32.1. The smallest absolute Gasteiger partial charge is 0.107 e. The molecule has 1 aliphatic heterocycles. The van der Waals surface area contributed by atoms with Gasteiger partial charge in [-0.25, -0.2) is 0 Å². The normalized spacial score (nSPS) is 24.3. The maximum atomic E-state index is 5.11. The summed E-state index contributed by atoms with van der Waals surface area (Å²) in [7, 11) is 0. The van der Waals surface area contributed by atoms with Gasteiger partial charge in [-0.3, -0.25) is 0 Å². The van der Waals surface area contributed by atoms with Crippen molar-refractivity contribution < 1.29 is 4.74 Å². The van der Waals surface area contributed by atoms with E-state index in [4.69, 9.17) is 4.74 Å². The second-order valence-corrected chi connectivity index (χ2v) is 3.43. The molecule has 0 spiro atoms. The predicted molar refractivity (Wildman–Crippen MR) is 37.7 cm³/mol. The Morgan fingerprint density at radius 1 is 1.78 bits per heavy atom. The van der Waals surface area contributed by atoms with E-state index >= 15 is 0 Å². The van der Waals surface area contributed by atoms with Gasteiger partial charge in [-0.15, -0.1) is 11.3 Å². The molecule has 1 atom stereocenters. The van der Waals surface area contributed by atoms with Crippen molar-refractivity contribution in [3.05, 3.63) is 21.9 Å². The third kappa shape index (κ3) is 1.00. The molecule has 0 aliphatic carbocycles. The van der Waals surface area contributed by atoms with E-state index in [2.05, 4.69) is 18.4 Å². The summed E-state index contributed by atoms with van der Waals surface area (Å²) in [6, 6.07) is 2.20. The zero-order valence-electron chi connectivity index (χ0n) is 5.26. The molecule has 0 aromatic carbocycles. The van der Waals surface area contributed by atoms with E-state index < -0.39 is 0 Å². The molecule has 0 radical (unpaired) electrons. The van der Waals surface area contributed by atoms with Gasteiger partial charge in [-0.2, -0.15) is 0 Å². The van der Waals surface area contributed by atoms with Gasteiger partial charge in [-0.05, 0) is 23.9 Å². The lowest BCUT2D eigenvalue weighted by atomic mass is 10.2. The molecule has 2 heterocycles. The molecule has 1 aliphatic rings. The Bertz CT molecular complexity index is 212. The zero-order chi connectivity index (χ0) is 6.27. The van der Waals surface area contributed by atoms with Gasteiger partial charge in [0, 0.05) is 4.88 Å². The van der Waals surface area contributed by atoms with Crippen LogP contribution in [0.4, 0.5) is 0 Å². The van der Waals surface area contributed by atoms with Gasteiger partial charge in [0.05, 0.1) is 6.61 Å². The molecule has 1 aromatic heterocycles. The molecule has 1 unspecified atom stereocenters. The molecule has 9 heavy (non-hydrogen) atoms. The Balaban J connectivity index is 2.28. The Morgan fingerprint density at radius 3 is 3.00 bits per heavy atom. The molecule has 48 valence electrons. The lowest BCUT2D eigenvalue weighted by Gasteiger charge is -1.80. The van der Waals surface area contributed by atoms with Gasteiger partial charge in [0.15, 0.2) is 0 Å². The van der Waals surface area contributed by atoms with Gasteiger partial charge >= 0.3 is 0 Å². The summed E-state index contributed by atoms with van der Waals surface area (Å²) in [5, 5.41) is 2.17. The Kier molecular flexibility index (Phi) is 1.10. The van der Waals surface area contributed by atoms with Crippen LogP contribution in [0.15, 0.2) is 11.4 Å². The molecule has 0 bridgehead atoms. The quantitative estimate of drug-likeness (QED) is 0.544. The first-order chi connectivity index (χ1) is 4.36. The summed E-state index contributed by atoms with van der Waals surface area (Å²) in [5.74, 6) is 0. The van der Waals surface area contributed by atoms with E-state index in [1.165, 1.54) is 10.4 Å². The number of thiophene rings is 1. The summed E-state index contributed by atoms with van der Waals surface area (Å²) in [4.78, 5) is 1.38. The maximum absolute atomic E-state index is 5.11. The van der Waals surface area contributed by atoms with Crippen LogP contribution in [0.3, 0.4) is 0 Å². The van der Waals surface area contributed by atoms with Crippen LogP contribution < -0.4 is 0 Å². The minimum absolute atomic E-state index is 0.440. The zero-order valence-corrected chi connectivity index (χ0v) is 6.07. The van der Waals surface area contributed by atoms with Crippen molar-refractivity contribution in [2.24, 2.45) is 0 Å². The minimum atomic E-state index is 0.440. The molecular formula is C7H8OS. The lowest BCUT2D eigenvalue weighted by molar-refractivity contribution is 0.416.